The molecule has 0 radical (unpaired) electrons. The number of methoxy groups -OCH3 is 1. The number of hydrogen-bond donors (Lipinski definition) is 2. The van der Waals surface area contributed by atoms with Gasteiger partial charge in [0.05, 0.1) is 13.2 Å². The number of hydrogen-bond acceptors (Lipinski definition) is 5. The Morgan fingerprint density at radius 2 is 1.86 bits per heavy atom. The monoisotopic (exact) mass is 324 g/mol. The molecule has 0 saturated carbocycles. The minimum absolute atomic E-state index is 0.0758. The summed E-state index contributed by atoms with van der Waals surface area (Å²) in [6, 6.07) is 1.69. The largest absolute Gasteiger partial charge is 0.490 e. The molecule has 0 aliphatic carbocycles. The fraction of sp³-hybridized carbons (Fsp3) is 0.769. The molecule has 9 heteroatoms. The molecule has 126 valence electrons. The Hall–Kier alpha value is -1.82. The molecule has 1 heterocycles. The van der Waals surface area contributed by atoms with Crippen molar-refractivity contribution in [1.29, 1.82) is 5.26 Å². The van der Waals surface area contributed by atoms with Crippen LogP contribution in [0.15, 0.2) is 0 Å². The summed E-state index contributed by atoms with van der Waals surface area (Å²) in [4.78, 5) is 20.3. The second-order valence-electron chi connectivity index (χ2n) is 4.88. The van der Waals surface area contributed by atoms with Crippen LogP contribution in [0.4, 0.5) is 13.2 Å². The number of esters is 1. The van der Waals surface area contributed by atoms with Crippen LogP contribution in [0.1, 0.15) is 33.1 Å². The van der Waals surface area contributed by atoms with Gasteiger partial charge >= 0.3 is 18.1 Å². The maximum absolute atomic E-state index is 11.4. The summed E-state index contributed by atoms with van der Waals surface area (Å²) in [5, 5.41) is 19.2. The molecule has 2 atom stereocenters. The Morgan fingerprint density at radius 3 is 2.09 bits per heavy atom. The number of aliphatic carboxylic acids is 1. The molecule has 1 rings (SSSR count). The van der Waals surface area contributed by atoms with Crippen LogP contribution in [0.25, 0.3) is 0 Å². The molecule has 0 spiro atoms. The highest BCUT2D eigenvalue weighted by atomic mass is 19.4. The van der Waals surface area contributed by atoms with Gasteiger partial charge in [0, 0.05) is 5.41 Å². The van der Waals surface area contributed by atoms with Gasteiger partial charge in [0.1, 0.15) is 12.1 Å². The summed E-state index contributed by atoms with van der Waals surface area (Å²) in [6.45, 7) is 4.13. The maximum atomic E-state index is 11.4. The molecule has 1 saturated heterocycles. The van der Waals surface area contributed by atoms with E-state index in [-0.39, 0.29) is 23.5 Å². The highest BCUT2D eigenvalue weighted by Crippen LogP contribution is 2.40. The summed E-state index contributed by atoms with van der Waals surface area (Å²) in [5.74, 6) is -3.02. The van der Waals surface area contributed by atoms with Gasteiger partial charge in [-0.3, -0.25) is 10.1 Å². The number of nitriles is 1. The first-order chi connectivity index (χ1) is 10.1. The fourth-order valence-corrected chi connectivity index (χ4v) is 2.38. The molecule has 0 aromatic carbocycles. The van der Waals surface area contributed by atoms with Crippen LogP contribution in [0.5, 0.6) is 0 Å². The number of carbonyl (C=O) groups is 2. The average molecular weight is 324 g/mol. The predicted octanol–water partition coefficient (Wildman–Crippen LogP) is 1.85. The van der Waals surface area contributed by atoms with Crippen molar-refractivity contribution in [3.05, 3.63) is 0 Å². The smallest absolute Gasteiger partial charge is 0.475 e. The zero-order valence-corrected chi connectivity index (χ0v) is 12.5. The van der Waals surface area contributed by atoms with Crippen LogP contribution in [-0.2, 0) is 14.3 Å². The lowest BCUT2D eigenvalue weighted by atomic mass is 9.75. The van der Waals surface area contributed by atoms with Crippen LogP contribution < -0.4 is 5.32 Å². The SMILES string of the molecule is CCC1(CC)C[C@@H](C(=O)OC)NC1C#N.O=C(O)C(F)(F)F. The first-order valence-corrected chi connectivity index (χ1v) is 6.61. The summed E-state index contributed by atoms with van der Waals surface area (Å²) in [6.07, 6.45) is -2.57. The Bertz CT molecular complexity index is 442. The molecule has 0 aromatic heterocycles. The third kappa shape index (κ3) is 4.87. The summed E-state index contributed by atoms with van der Waals surface area (Å²) >= 11 is 0. The van der Waals surface area contributed by atoms with Crippen molar-refractivity contribution >= 4 is 11.9 Å². The zero-order valence-electron chi connectivity index (χ0n) is 12.5. The van der Waals surface area contributed by atoms with E-state index in [9.17, 15) is 18.0 Å². The molecule has 1 unspecified atom stereocenters. The van der Waals surface area contributed by atoms with Crippen LogP contribution in [-0.4, -0.2) is 42.4 Å². The van der Waals surface area contributed by atoms with Crippen LogP contribution in [0, 0.1) is 16.7 Å². The van der Waals surface area contributed by atoms with Crippen molar-refractivity contribution in [3.63, 3.8) is 0 Å². The number of halogens is 3. The molecule has 1 aliphatic heterocycles. The fourth-order valence-electron chi connectivity index (χ4n) is 2.38. The van der Waals surface area contributed by atoms with E-state index in [0.717, 1.165) is 12.8 Å². The Kier molecular flexibility index (Phi) is 7.32. The first kappa shape index (κ1) is 20.2. The number of nitrogens with one attached hydrogen (secondary N) is 1. The van der Waals surface area contributed by atoms with Gasteiger partial charge in [0.15, 0.2) is 0 Å². The van der Waals surface area contributed by atoms with Crippen LogP contribution in [0.3, 0.4) is 0 Å². The molecular weight excluding hydrogens is 305 g/mol. The summed E-state index contributed by atoms with van der Waals surface area (Å²) in [7, 11) is 1.38. The summed E-state index contributed by atoms with van der Waals surface area (Å²) in [5.41, 5.74) is -0.0758. The summed E-state index contributed by atoms with van der Waals surface area (Å²) < 4.78 is 36.4. The van der Waals surface area contributed by atoms with E-state index in [1.165, 1.54) is 7.11 Å². The molecule has 0 amide bonds. The lowest BCUT2D eigenvalue weighted by molar-refractivity contribution is -0.192. The zero-order chi connectivity index (χ0) is 17.6. The Morgan fingerprint density at radius 1 is 1.41 bits per heavy atom. The minimum atomic E-state index is -5.08. The molecule has 22 heavy (non-hydrogen) atoms. The molecule has 1 aliphatic rings. The van der Waals surface area contributed by atoms with Crippen molar-refractivity contribution < 1.29 is 32.6 Å². The van der Waals surface area contributed by atoms with Crippen molar-refractivity contribution in [1.82, 2.24) is 5.32 Å². The number of ether oxygens (including phenoxy) is 1. The second-order valence-corrected chi connectivity index (χ2v) is 4.88. The van der Waals surface area contributed by atoms with Crippen LogP contribution in [0.2, 0.25) is 0 Å². The number of rotatable bonds is 3. The van der Waals surface area contributed by atoms with E-state index in [4.69, 9.17) is 19.9 Å². The number of carboxylic acids is 1. The maximum Gasteiger partial charge on any atom is 0.490 e. The van der Waals surface area contributed by atoms with Crippen molar-refractivity contribution in [3.8, 4) is 6.07 Å². The normalized spacial score (nSPS) is 23.0. The average Bonchev–Trinajstić information content (AvgIpc) is 2.85. The molecule has 0 bridgehead atoms. The van der Waals surface area contributed by atoms with Gasteiger partial charge < -0.3 is 9.84 Å². The van der Waals surface area contributed by atoms with Crippen molar-refractivity contribution in [2.75, 3.05) is 7.11 Å². The van der Waals surface area contributed by atoms with Gasteiger partial charge in [-0.25, -0.2) is 4.79 Å². The highest BCUT2D eigenvalue weighted by molar-refractivity contribution is 5.76. The third-order valence-corrected chi connectivity index (χ3v) is 3.86. The molecular formula is C13H19F3N2O4. The van der Waals surface area contributed by atoms with Crippen molar-refractivity contribution in [2.45, 2.75) is 51.4 Å². The lowest BCUT2D eigenvalue weighted by Crippen LogP contribution is -2.38. The van der Waals surface area contributed by atoms with Crippen LogP contribution >= 0.6 is 0 Å². The lowest BCUT2D eigenvalue weighted by Gasteiger charge is -2.28. The van der Waals surface area contributed by atoms with E-state index in [1.54, 1.807) is 0 Å². The first-order valence-electron chi connectivity index (χ1n) is 6.61. The third-order valence-electron chi connectivity index (χ3n) is 3.86. The van der Waals surface area contributed by atoms with Crippen molar-refractivity contribution in [2.24, 2.45) is 5.41 Å². The van der Waals surface area contributed by atoms with Gasteiger partial charge in [-0.15, -0.1) is 0 Å². The number of nitrogens with zero attached hydrogens (tertiary/aromatic N) is 1. The van der Waals surface area contributed by atoms with E-state index < -0.39 is 12.1 Å². The van der Waals surface area contributed by atoms with E-state index in [2.05, 4.69) is 25.2 Å². The second kappa shape index (κ2) is 7.98. The topological polar surface area (TPSA) is 99.4 Å². The number of carbonyl (C=O) groups excluding carboxylic acids is 1. The molecule has 2 N–H and O–H groups in total. The Labute approximate surface area is 126 Å². The van der Waals surface area contributed by atoms with Gasteiger partial charge in [-0.1, -0.05) is 13.8 Å². The van der Waals surface area contributed by atoms with Gasteiger partial charge in [0.2, 0.25) is 0 Å². The van der Waals surface area contributed by atoms with Gasteiger partial charge in [-0.05, 0) is 19.3 Å². The highest BCUT2D eigenvalue weighted by Gasteiger charge is 2.47. The number of carboxylic acid groups (broad SMARTS) is 1. The van der Waals surface area contributed by atoms with Gasteiger partial charge in [-0.2, -0.15) is 18.4 Å². The standard InChI is InChI=1S/C11H18N2O2.C2HF3O2/c1-4-11(5-2)6-8(10(14)15-3)13-9(11)7-12;3-2(4,5)1(6)7/h8-9,13H,4-6H2,1-3H3;(H,6,7)/t8-,9?;/m0./s1. The molecule has 6 nitrogen and oxygen atoms in total. The minimum Gasteiger partial charge on any atom is -0.475 e. The van der Waals surface area contributed by atoms with E-state index in [0.29, 0.717) is 6.42 Å². The predicted molar refractivity (Wildman–Crippen MR) is 69.7 cm³/mol. The molecule has 1 fully saturated rings. The molecule has 0 aromatic rings. The number of alkyl halides is 3. The quantitative estimate of drug-likeness (QED) is 0.769. The van der Waals surface area contributed by atoms with E-state index in [1.807, 2.05) is 0 Å². The van der Waals surface area contributed by atoms with E-state index >= 15 is 0 Å². The Balaban J connectivity index is 0.000000534. The van der Waals surface area contributed by atoms with Gasteiger partial charge in [0.25, 0.3) is 0 Å².